The molecule has 21 heavy (non-hydrogen) atoms. The highest BCUT2D eigenvalue weighted by Gasteiger charge is 2.11. The predicted molar refractivity (Wildman–Crippen MR) is 91.4 cm³/mol. The smallest absolute Gasteiger partial charge is 0.0230 e. The first-order chi connectivity index (χ1) is 10.3. The molecule has 0 heterocycles. The molecule has 1 unspecified atom stereocenters. The van der Waals surface area contributed by atoms with E-state index in [0.29, 0.717) is 5.92 Å². The topological polar surface area (TPSA) is 3.24 Å². The van der Waals surface area contributed by atoms with Crippen molar-refractivity contribution < 1.29 is 0 Å². The molecule has 110 valence electrons. The number of benzene rings is 2. The second-order valence-corrected chi connectivity index (χ2v) is 5.64. The summed E-state index contributed by atoms with van der Waals surface area (Å²) in [6.45, 7) is 6.02. The Kier molecular flexibility index (Phi) is 6.23. The van der Waals surface area contributed by atoms with E-state index in [4.69, 9.17) is 0 Å². The third-order valence-corrected chi connectivity index (χ3v) is 3.88. The fourth-order valence-electron chi connectivity index (χ4n) is 2.70. The first kappa shape index (κ1) is 15.5. The van der Waals surface area contributed by atoms with Crippen LogP contribution in [0.3, 0.4) is 0 Å². The molecule has 2 aromatic carbocycles. The van der Waals surface area contributed by atoms with Gasteiger partial charge >= 0.3 is 0 Å². The lowest BCUT2D eigenvalue weighted by molar-refractivity contribution is 0.310. The van der Waals surface area contributed by atoms with Crippen molar-refractivity contribution in [2.75, 3.05) is 13.6 Å². The van der Waals surface area contributed by atoms with Crippen molar-refractivity contribution >= 4 is 0 Å². The zero-order chi connectivity index (χ0) is 14.9. The molecule has 0 aliphatic rings. The van der Waals surface area contributed by atoms with Gasteiger partial charge in [-0.15, -0.1) is 6.58 Å². The second-order valence-electron chi connectivity index (χ2n) is 5.64. The van der Waals surface area contributed by atoms with Crippen molar-refractivity contribution in [1.29, 1.82) is 0 Å². The predicted octanol–water partition coefficient (Wildman–Crippen LogP) is 4.87. The van der Waals surface area contributed by atoms with Gasteiger partial charge in [0.05, 0.1) is 0 Å². The lowest BCUT2D eigenvalue weighted by atomic mass is 9.92. The van der Waals surface area contributed by atoms with Gasteiger partial charge in [0, 0.05) is 6.54 Å². The first-order valence-electron chi connectivity index (χ1n) is 7.68. The summed E-state index contributed by atoms with van der Waals surface area (Å²) < 4.78 is 0. The van der Waals surface area contributed by atoms with Crippen LogP contribution in [0.25, 0.3) is 0 Å². The van der Waals surface area contributed by atoms with Gasteiger partial charge in [-0.05, 0) is 43.5 Å². The Morgan fingerprint density at radius 2 is 1.62 bits per heavy atom. The lowest BCUT2D eigenvalue weighted by Gasteiger charge is -2.21. The molecule has 0 aromatic heterocycles. The Morgan fingerprint density at radius 1 is 1.00 bits per heavy atom. The molecular weight excluding hydrogens is 254 g/mol. The number of hydrogen-bond acceptors (Lipinski definition) is 1. The Bertz CT molecular complexity index is 518. The second kappa shape index (κ2) is 8.43. The van der Waals surface area contributed by atoms with Gasteiger partial charge in [0.2, 0.25) is 0 Å². The minimum Gasteiger partial charge on any atom is -0.302 e. The minimum absolute atomic E-state index is 0.571. The molecule has 1 nitrogen and oxygen atoms in total. The maximum atomic E-state index is 3.91. The molecule has 0 amide bonds. The number of nitrogens with zero attached hydrogens (tertiary/aromatic N) is 1. The van der Waals surface area contributed by atoms with Crippen LogP contribution in [0.5, 0.6) is 0 Å². The standard InChI is InChI=1S/C20H25N/c1-3-10-19(20-13-8-5-9-14-20)15-16-21(2)17-18-11-6-4-7-12-18/h3-9,11-14,19H,1,10,15-17H2,2H3. The summed E-state index contributed by atoms with van der Waals surface area (Å²) in [5.74, 6) is 0.571. The number of rotatable bonds is 8. The largest absolute Gasteiger partial charge is 0.302 e. The Hall–Kier alpha value is -1.86. The third kappa shape index (κ3) is 5.20. The van der Waals surface area contributed by atoms with Crippen molar-refractivity contribution in [1.82, 2.24) is 4.90 Å². The van der Waals surface area contributed by atoms with Gasteiger partial charge in [0.25, 0.3) is 0 Å². The molecule has 0 saturated heterocycles. The Balaban J connectivity index is 1.88. The van der Waals surface area contributed by atoms with Crippen molar-refractivity contribution in [3.8, 4) is 0 Å². The van der Waals surface area contributed by atoms with Crippen molar-refractivity contribution in [2.24, 2.45) is 0 Å². The van der Waals surface area contributed by atoms with Gasteiger partial charge < -0.3 is 4.90 Å². The molecule has 0 fully saturated rings. The molecule has 2 rings (SSSR count). The van der Waals surface area contributed by atoms with Crippen LogP contribution >= 0.6 is 0 Å². The van der Waals surface area contributed by atoms with E-state index in [1.807, 2.05) is 6.08 Å². The summed E-state index contributed by atoms with van der Waals surface area (Å²) >= 11 is 0. The van der Waals surface area contributed by atoms with Crippen LogP contribution in [0.4, 0.5) is 0 Å². The highest BCUT2D eigenvalue weighted by Crippen LogP contribution is 2.24. The molecule has 0 radical (unpaired) electrons. The molecule has 1 heteroatoms. The summed E-state index contributed by atoms with van der Waals surface area (Å²) in [5, 5.41) is 0. The van der Waals surface area contributed by atoms with Crippen LogP contribution in [0.15, 0.2) is 73.3 Å². The van der Waals surface area contributed by atoms with E-state index in [-0.39, 0.29) is 0 Å². The quantitative estimate of drug-likeness (QED) is 0.623. The molecule has 0 aliphatic carbocycles. The highest BCUT2D eigenvalue weighted by atomic mass is 15.1. The van der Waals surface area contributed by atoms with E-state index in [0.717, 1.165) is 19.5 Å². The van der Waals surface area contributed by atoms with Crippen molar-refractivity contribution in [3.63, 3.8) is 0 Å². The first-order valence-corrected chi connectivity index (χ1v) is 7.68. The summed E-state index contributed by atoms with van der Waals surface area (Å²) in [5.41, 5.74) is 2.80. The summed E-state index contributed by atoms with van der Waals surface area (Å²) in [4.78, 5) is 2.40. The maximum absolute atomic E-state index is 3.91. The lowest BCUT2D eigenvalue weighted by Crippen LogP contribution is -2.20. The molecule has 2 aromatic rings. The van der Waals surface area contributed by atoms with E-state index < -0.39 is 0 Å². The summed E-state index contributed by atoms with van der Waals surface area (Å²) in [6.07, 6.45) is 4.25. The van der Waals surface area contributed by atoms with E-state index in [1.54, 1.807) is 0 Å². The van der Waals surface area contributed by atoms with Crippen LogP contribution < -0.4 is 0 Å². The van der Waals surface area contributed by atoms with E-state index >= 15 is 0 Å². The zero-order valence-electron chi connectivity index (χ0n) is 12.9. The molecule has 0 saturated carbocycles. The molecule has 0 bridgehead atoms. The monoisotopic (exact) mass is 279 g/mol. The average Bonchev–Trinajstić information content (AvgIpc) is 2.53. The van der Waals surface area contributed by atoms with Gasteiger partial charge in [-0.3, -0.25) is 0 Å². The molecule has 0 spiro atoms. The SMILES string of the molecule is C=CCC(CCN(C)Cc1ccccc1)c1ccccc1. The van der Waals surface area contributed by atoms with Gasteiger partial charge in [-0.2, -0.15) is 0 Å². The van der Waals surface area contributed by atoms with Gasteiger partial charge in [-0.1, -0.05) is 66.7 Å². The van der Waals surface area contributed by atoms with Crippen LogP contribution in [0.1, 0.15) is 29.9 Å². The van der Waals surface area contributed by atoms with E-state index in [9.17, 15) is 0 Å². The van der Waals surface area contributed by atoms with Crippen LogP contribution in [-0.2, 0) is 6.54 Å². The van der Waals surface area contributed by atoms with Crippen LogP contribution in [-0.4, -0.2) is 18.5 Å². The minimum atomic E-state index is 0.571. The highest BCUT2D eigenvalue weighted by molar-refractivity contribution is 5.20. The summed E-state index contributed by atoms with van der Waals surface area (Å²) in [6, 6.07) is 21.4. The van der Waals surface area contributed by atoms with Crippen molar-refractivity contribution in [2.45, 2.75) is 25.3 Å². The third-order valence-electron chi connectivity index (χ3n) is 3.88. The van der Waals surface area contributed by atoms with E-state index in [1.165, 1.54) is 17.5 Å². The van der Waals surface area contributed by atoms with Crippen LogP contribution in [0, 0.1) is 0 Å². The van der Waals surface area contributed by atoms with E-state index in [2.05, 4.69) is 79.2 Å². The average molecular weight is 279 g/mol. The molecular formula is C20H25N. The Labute approximate surface area is 128 Å². The van der Waals surface area contributed by atoms with Crippen LogP contribution in [0.2, 0.25) is 0 Å². The maximum Gasteiger partial charge on any atom is 0.0230 e. The van der Waals surface area contributed by atoms with Crippen molar-refractivity contribution in [3.05, 3.63) is 84.4 Å². The zero-order valence-corrected chi connectivity index (χ0v) is 12.9. The van der Waals surface area contributed by atoms with Gasteiger partial charge in [0.1, 0.15) is 0 Å². The Morgan fingerprint density at radius 3 is 2.24 bits per heavy atom. The summed E-state index contributed by atoms with van der Waals surface area (Å²) in [7, 11) is 2.20. The normalized spacial score (nSPS) is 12.3. The van der Waals surface area contributed by atoms with Gasteiger partial charge in [0.15, 0.2) is 0 Å². The molecule has 0 N–H and O–H groups in total. The number of allylic oxidation sites excluding steroid dienone is 1. The number of hydrogen-bond donors (Lipinski definition) is 0. The molecule has 1 atom stereocenters. The van der Waals surface area contributed by atoms with Gasteiger partial charge in [-0.25, -0.2) is 0 Å². The fraction of sp³-hybridized carbons (Fsp3) is 0.300. The fourth-order valence-corrected chi connectivity index (χ4v) is 2.70. The molecule has 0 aliphatic heterocycles.